The van der Waals surface area contributed by atoms with E-state index in [9.17, 15) is 10.1 Å². The van der Waals surface area contributed by atoms with E-state index < -0.39 is 5.91 Å². The molecule has 3 rings (SSSR count). The van der Waals surface area contributed by atoms with Gasteiger partial charge in [0.1, 0.15) is 23.2 Å². The van der Waals surface area contributed by atoms with Crippen molar-refractivity contribution in [3.8, 4) is 17.4 Å². The maximum Gasteiger partial charge on any atom is 0.262 e. The van der Waals surface area contributed by atoms with Gasteiger partial charge in [0.15, 0.2) is 0 Å². The average Bonchev–Trinajstić information content (AvgIpc) is 3.19. The lowest BCUT2D eigenvalue weighted by molar-refractivity contribution is -0.117. The molecule has 1 N–H and O–H groups in total. The van der Waals surface area contributed by atoms with Crippen molar-refractivity contribution < 1.29 is 9.21 Å². The molecule has 0 saturated heterocycles. The molecule has 2 aromatic carbocycles. The van der Waals surface area contributed by atoms with Crippen LogP contribution in [0.1, 0.15) is 17.7 Å². The van der Waals surface area contributed by atoms with Gasteiger partial charge >= 0.3 is 0 Å². The van der Waals surface area contributed by atoms with Crippen molar-refractivity contribution in [2.24, 2.45) is 0 Å². The minimum Gasteiger partial charge on any atom is -0.457 e. The molecule has 0 aliphatic heterocycles. The van der Waals surface area contributed by atoms with Crippen LogP contribution in [-0.2, 0) is 11.2 Å². The van der Waals surface area contributed by atoms with Crippen LogP contribution in [0, 0.1) is 11.3 Å². The molecule has 0 fully saturated rings. The van der Waals surface area contributed by atoms with E-state index in [2.05, 4.69) is 17.4 Å². The molecule has 140 valence electrons. The molecule has 28 heavy (non-hydrogen) atoms. The third-order valence-electron chi connectivity index (χ3n) is 4.16. The van der Waals surface area contributed by atoms with Gasteiger partial charge in [-0.15, -0.1) is 0 Å². The summed E-state index contributed by atoms with van der Waals surface area (Å²) in [5.41, 5.74) is 2.06. The number of rotatable bonds is 7. The molecule has 0 aliphatic carbocycles. The quantitative estimate of drug-likeness (QED) is 0.340. The zero-order valence-corrected chi connectivity index (χ0v) is 15.9. The summed E-state index contributed by atoms with van der Waals surface area (Å²) in [5.74, 6) is 0.650. The lowest BCUT2D eigenvalue weighted by atomic mass is 10.1. The van der Waals surface area contributed by atoms with Gasteiger partial charge in [-0.2, -0.15) is 5.26 Å². The first-order valence-electron chi connectivity index (χ1n) is 8.95. The fourth-order valence-electron chi connectivity index (χ4n) is 2.75. The molecule has 0 spiro atoms. The summed E-state index contributed by atoms with van der Waals surface area (Å²) in [6.45, 7) is 0.499. The summed E-state index contributed by atoms with van der Waals surface area (Å²) in [5, 5.41) is 12.7. The highest BCUT2D eigenvalue weighted by atomic mass is 35.5. The fourth-order valence-corrected chi connectivity index (χ4v) is 2.94. The molecular formula is C23H19ClN2O2. The van der Waals surface area contributed by atoms with E-state index in [0.717, 1.165) is 18.4 Å². The number of aryl methyl sites for hydroxylation is 1. The van der Waals surface area contributed by atoms with Crippen molar-refractivity contribution in [2.45, 2.75) is 12.8 Å². The molecule has 1 aromatic heterocycles. The summed E-state index contributed by atoms with van der Waals surface area (Å²) in [4.78, 5) is 12.3. The van der Waals surface area contributed by atoms with Gasteiger partial charge in [0.05, 0.1) is 0 Å². The summed E-state index contributed by atoms with van der Waals surface area (Å²) in [6, 6.07) is 22.8. The normalized spacial score (nSPS) is 11.1. The van der Waals surface area contributed by atoms with E-state index >= 15 is 0 Å². The van der Waals surface area contributed by atoms with Crippen LogP contribution in [0.25, 0.3) is 17.4 Å². The van der Waals surface area contributed by atoms with Crippen molar-refractivity contribution in [2.75, 3.05) is 6.54 Å². The molecule has 0 radical (unpaired) electrons. The van der Waals surface area contributed by atoms with E-state index in [4.69, 9.17) is 16.0 Å². The molecule has 4 nitrogen and oxygen atoms in total. The minimum absolute atomic E-state index is 0.00621. The lowest BCUT2D eigenvalue weighted by Gasteiger charge is -2.04. The Morgan fingerprint density at radius 2 is 1.93 bits per heavy atom. The molecule has 3 aromatic rings. The Morgan fingerprint density at radius 1 is 1.11 bits per heavy atom. The summed E-state index contributed by atoms with van der Waals surface area (Å²) >= 11 is 6.00. The van der Waals surface area contributed by atoms with Crippen LogP contribution in [0.4, 0.5) is 0 Å². The molecule has 0 bridgehead atoms. The highest BCUT2D eigenvalue weighted by molar-refractivity contribution is 6.30. The van der Waals surface area contributed by atoms with Gasteiger partial charge in [-0.3, -0.25) is 4.79 Å². The Labute approximate surface area is 169 Å². The van der Waals surface area contributed by atoms with Crippen molar-refractivity contribution in [3.63, 3.8) is 0 Å². The standard InChI is InChI=1S/C23H19ClN2O2/c24-20-10-4-9-18(14-20)22-12-11-21(28-22)15-19(16-25)23(27)26-13-5-8-17-6-2-1-3-7-17/h1-4,6-7,9-12,14-15H,5,8,13H2,(H,26,27)/b19-15-. The molecule has 5 heteroatoms. The Kier molecular flexibility index (Phi) is 6.67. The summed E-state index contributed by atoms with van der Waals surface area (Å²) in [6.07, 6.45) is 3.11. The number of halogens is 1. The van der Waals surface area contributed by atoms with Crippen LogP contribution in [0.15, 0.2) is 76.7 Å². The van der Waals surface area contributed by atoms with Crippen molar-refractivity contribution >= 4 is 23.6 Å². The molecule has 0 atom stereocenters. The zero-order valence-electron chi connectivity index (χ0n) is 15.2. The predicted octanol–water partition coefficient (Wildman–Crippen LogP) is 5.26. The zero-order chi connectivity index (χ0) is 19.8. The van der Waals surface area contributed by atoms with Crippen molar-refractivity contribution in [1.82, 2.24) is 5.32 Å². The number of carbonyl (C=O) groups is 1. The average molecular weight is 391 g/mol. The summed E-state index contributed by atoms with van der Waals surface area (Å²) < 4.78 is 5.72. The Bertz CT molecular complexity index is 1020. The predicted molar refractivity (Wildman–Crippen MR) is 111 cm³/mol. The number of nitriles is 1. The molecule has 0 saturated carbocycles. The van der Waals surface area contributed by atoms with Crippen molar-refractivity contribution in [3.05, 3.63) is 88.6 Å². The number of furan rings is 1. The van der Waals surface area contributed by atoms with Gasteiger partial charge in [0.25, 0.3) is 5.91 Å². The smallest absolute Gasteiger partial charge is 0.262 e. The second kappa shape index (κ2) is 9.59. The number of nitrogens with zero attached hydrogens (tertiary/aromatic N) is 1. The molecule has 0 aliphatic rings. The van der Waals surface area contributed by atoms with Gasteiger partial charge in [0.2, 0.25) is 0 Å². The topological polar surface area (TPSA) is 66.0 Å². The van der Waals surface area contributed by atoms with Crippen LogP contribution in [-0.4, -0.2) is 12.5 Å². The second-order valence-electron chi connectivity index (χ2n) is 6.23. The van der Waals surface area contributed by atoms with Gasteiger partial charge in [-0.05, 0) is 42.7 Å². The molecule has 1 amide bonds. The number of hydrogen-bond donors (Lipinski definition) is 1. The Hall–Kier alpha value is -3.29. The minimum atomic E-state index is -0.406. The first-order chi connectivity index (χ1) is 13.7. The second-order valence-corrected chi connectivity index (χ2v) is 6.66. The van der Waals surface area contributed by atoms with Crippen molar-refractivity contribution in [1.29, 1.82) is 5.26 Å². The first-order valence-corrected chi connectivity index (χ1v) is 9.33. The Balaban J connectivity index is 1.59. The van der Waals surface area contributed by atoms with E-state index in [1.165, 1.54) is 11.6 Å². The third-order valence-corrected chi connectivity index (χ3v) is 4.39. The maximum atomic E-state index is 12.3. The molecule has 1 heterocycles. The molecular weight excluding hydrogens is 372 g/mol. The van der Waals surface area contributed by atoms with Gasteiger partial charge in [-0.1, -0.05) is 54.1 Å². The monoisotopic (exact) mass is 390 g/mol. The van der Waals surface area contributed by atoms with Crippen LogP contribution < -0.4 is 5.32 Å². The van der Waals surface area contributed by atoms with E-state index in [1.54, 1.807) is 24.3 Å². The van der Waals surface area contributed by atoms with E-state index in [1.807, 2.05) is 36.4 Å². The highest BCUT2D eigenvalue weighted by Crippen LogP contribution is 2.25. The molecule has 0 unspecified atom stereocenters. The van der Waals surface area contributed by atoms with Gasteiger partial charge < -0.3 is 9.73 Å². The highest BCUT2D eigenvalue weighted by Gasteiger charge is 2.11. The number of carbonyl (C=O) groups excluding carboxylic acids is 1. The lowest BCUT2D eigenvalue weighted by Crippen LogP contribution is -2.25. The third kappa shape index (κ3) is 5.35. The number of hydrogen-bond acceptors (Lipinski definition) is 3. The number of benzene rings is 2. The maximum absolute atomic E-state index is 12.3. The van der Waals surface area contributed by atoms with Crippen LogP contribution in [0.2, 0.25) is 5.02 Å². The van der Waals surface area contributed by atoms with Gasteiger partial charge in [0, 0.05) is 23.2 Å². The summed E-state index contributed by atoms with van der Waals surface area (Å²) in [7, 11) is 0. The largest absolute Gasteiger partial charge is 0.457 e. The van der Waals surface area contributed by atoms with E-state index in [0.29, 0.717) is 23.1 Å². The Morgan fingerprint density at radius 3 is 2.68 bits per heavy atom. The van der Waals surface area contributed by atoms with Crippen LogP contribution in [0.3, 0.4) is 0 Å². The van der Waals surface area contributed by atoms with E-state index in [-0.39, 0.29) is 5.57 Å². The number of nitrogens with one attached hydrogen (secondary N) is 1. The van der Waals surface area contributed by atoms with Crippen LogP contribution in [0.5, 0.6) is 0 Å². The van der Waals surface area contributed by atoms with Crippen LogP contribution >= 0.6 is 11.6 Å². The number of amides is 1. The SMILES string of the molecule is N#C/C(=C/c1ccc(-c2cccc(Cl)c2)o1)C(=O)NCCCc1ccccc1. The fraction of sp³-hybridized carbons (Fsp3) is 0.130. The van der Waals surface area contributed by atoms with Gasteiger partial charge in [-0.25, -0.2) is 0 Å². The first kappa shape index (κ1) is 19.5.